The molecule has 0 aliphatic heterocycles. The molecular formula is C29H26N2O2. The molecule has 5 rings (SSSR count). The van der Waals surface area contributed by atoms with E-state index in [0.29, 0.717) is 6.61 Å². The average Bonchev–Trinajstić information content (AvgIpc) is 3.23. The molecule has 1 aromatic heterocycles. The average molecular weight is 435 g/mol. The highest BCUT2D eigenvalue weighted by Gasteiger charge is 2.08. The van der Waals surface area contributed by atoms with Crippen molar-refractivity contribution < 1.29 is 9.47 Å². The van der Waals surface area contributed by atoms with E-state index < -0.39 is 0 Å². The van der Waals surface area contributed by atoms with E-state index in [9.17, 15) is 0 Å². The van der Waals surface area contributed by atoms with E-state index in [1.807, 2.05) is 36.4 Å². The molecule has 33 heavy (non-hydrogen) atoms. The van der Waals surface area contributed by atoms with E-state index in [0.717, 1.165) is 46.9 Å². The van der Waals surface area contributed by atoms with E-state index >= 15 is 0 Å². The minimum Gasteiger partial charge on any atom is -0.497 e. The Balaban J connectivity index is 1.29. The van der Waals surface area contributed by atoms with Crippen LogP contribution in [0.5, 0.6) is 11.5 Å². The Hall–Kier alpha value is -4.05. The summed E-state index contributed by atoms with van der Waals surface area (Å²) >= 11 is 0. The molecule has 0 aliphatic carbocycles. The number of benzene rings is 4. The molecule has 5 aromatic rings. The third-order valence-electron chi connectivity index (χ3n) is 5.74. The summed E-state index contributed by atoms with van der Waals surface area (Å²) in [6.45, 7) is 1.48. The predicted molar refractivity (Wildman–Crippen MR) is 136 cm³/mol. The first-order valence-electron chi connectivity index (χ1n) is 11.2. The summed E-state index contributed by atoms with van der Waals surface area (Å²) in [6.07, 6.45) is 5.05. The molecule has 164 valence electrons. The van der Waals surface area contributed by atoms with Crippen molar-refractivity contribution in [1.29, 1.82) is 0 Å². The smallest absolute Gasteiger partial charge is 0.133 e. The van der Waals surface area contributed by atoms with E-state index in [-0.39, 0.29) is 0 Å². The third-order valence-corrected chi connectivity index (χ3v) is 5.74. The molecule has 0 bridgehead atoms. The van der Waals surface area contributed by atoms with Crippen LogP contribution >= 0.6 is 0 Å². The lowest BCUT2D eigenvalue weighted by atomic mass is 10.1. The predicted octanol–water partition coefficient (Wildman–Crippen LogP) is 6.84. The van der Waals surface area contributed by atoms with Crippen molar-refractivity contribution in [3.05, 3.63) is 102 Å². The maximum atomic E-state index is 6.05. The molecule has 0 aliphatic rings. The van der Waals surface area contributed by atoms with E-state index in [1.54, 1.807) is 7.11 Å². The van der Waals surface area contributed by atoms with E-state index in [1.165, 1.54) is 10.8 Å². The highest BCUT2D eigenvalue weighted by molar-refractivity contribution is 5.83. The number of imidazole rings is 1. The molecule has 4 aromatic carbocycles. The van der Waals surface area contributed by atoms with Crippen LogP contribution in [0.2, 0.25) is 0 Å². The molecule has 0 spiro atoms. The molecular weight excluding hydrogens is 408 g/mol. The maximum absolute atomic E-state index is 6.05. The van der Waals surface area contributed by atoms with Gasteiger partial charge in [0.2, 0.25) is 0 Å². The summed E-state index contributed by atoms with van der Waals surface area (Å²) in [5.41, 5.74) is 3.24. The van der Waals surface area contributed by atoms with Crippen LogP contribution < -0.4 is 9.47 Å². The zero-order chi connectivity index (χ0) is 22.5. The summed E-state index contributed by atoms with van der Waals surface area (Å²) in [4.78, 5) is 4.84. The van der Waals surface area contributed by atoms with Crippen LogP contribution in [0, 0.1) is 0 Å². The Morgan fingerprint density at radius 1 is 0.788 bits per heavy atom. The zero-order valence-corrected chi connectivity index (χ0v) is 18.6. The first kappa shape index (κ1) is 20.8. The summed E-state index contributed by atoms with van der Waals surface area (Å²) in [6, 6.07) is 30.9. The Labute approximate surface area is 193 Å². The largest absolute Gasteiger partial charge is 0.497 e. The molecule has 0 amide bonds. The van der Waals surface area contributed by atoms with Gasteiger partial charge in [0.1, 0.15) is 17.3 Å². The Morgan fingerprint density at radius 3 is 2.39 bits per heavy atom. The molecule has 1 heterocycles. The van der Waals surface area contributed by atoms with Gasteiger partial charge in [-0.05, 0) is 65.2 Å². The van der Waals surface area contributed by atoms with Crippen LogP contribution in [0.15, 0.2) is 91.0 Å². The minimum atomic E-state index is 0.645. The number of aromatic nitrogens is 2. The quantitative estimate of drug-likeness (QED) is 0.251. The van der Waals surface area contributed by atoms with Crippen molar-refractivity contribution in [2.24, 2.45) is 0 Å². The van der Waals surface area contributed by atoms with Gasteiger partial charge in [0.15, 0.2) is 0 Å². The number of para-hydroxylation sites is 2. The highest BCUT2D eigenvalue weighted by Crippen LogP contribution is 2.22. The fraction of sp³-hybridized carbons (Fsp3) is 0.138. The van der Waals surface area contributed by atoms with Crippen LogP contribution in [0.25, 0.3) is 34.0 Å². The van der Waals surface area contributed by atoms with Crippen molar-refractivity contribution in [1.82, 2.24) is 9.55 Å². The number of fused-ring (bicyclic) bond motifs is 2. The van der Waals surface area contributed by atoms with Crippen molar-refractivity contribution in [3.8, 4) is 11.5 Å². The molecule has 4 heteroatoms. The van der Waals surface area contributed by atoms with Gasteiger partial charge in [-0.25, -0.2) is 4.98 Å². The molecule has 0 fully saturated rings. The second-order valence-corrected chi connectivity index (χ2v) is 7.93. The van der Waals surface area contributed by atoms with Gasteiger partial charge in [-0.3, -0.25) is 0 Å². The monoisotopic (exact) mass is 434 g/mol. The Bertz CT molecular complexity index is 1400. The normalized spacial score (nSPS) is 11.4. The van der Waals surface area contributed by atoms with E-state index in [4.69, 9.17) is 14.5 Å². The van der Waals surface area contributed by atoms with Crippen molar-refractivity contribution in [2.75, 3.05) is 13.7 Å². The van der Waals surface area contributed by atoms with Crippen LogP contribution in [0.3, 0.4) is 0 Å². The number of rotatable bonds is 8. The van der Waals surface area contributed by atoms with Gasteiger partial charge in [0.25, 0.3) is 0 Å². The maximum Gasteiger partial charge on any atom is 0.133 e. The van der Waals surface area contributed by atoms with Gasteiger partial charge in [-0.1, -0.05) is 60.7 Å². The highest BCUT2D eigenvalue weighted by atomic mass is 16.5. The minimum absolute atomic E-state index is 0.645. The zero-order valence-electron chi connectivity index (χ0n) is 18.6. The summed E-state index contributed by atoms with van der Waals surface area (Å²) in [5.74, 6) is 2.70. The standard InChI is InChI=1S/C29H26N2O2/c1-32-25-15-11-22(12-16-25)13-18-29-30-27-9-4-5-10-28(27)31(29)19-6-20-33-26-17-14-23-7-2-3-8-24(23)21-26/h2-5,7-18,21H,6,19-20H2,1H3/b18-13+. The number of aryl methyl sites for hydroxylation is 1. The van der Waals surface area contributed by atoms with Crippen LogP contribution in [0.1, 0.15) is 17.8 Å². The fourth-order valence-electron chi connectivity index (χ4n) is 4.01. The first-order chi connectivity index (χ1) is 16.3. The molecule has 4 nitrogen and oxygen atoms in total. The number of hydrogen-bond acceptors (Lipinski definition) is 3. The Morgan fingerprint density at radius 2 is 1.55 bits per heavy atom. The van der Waals surface area contributed by atoms with Gasteiger partial charge in [0.05, 0.1) is 24.8 Å². The summed E-state index contributed by atoms with van der Waals surface area (Å²) in [5, 5.41) is 2.42. The SMILES string of the molecule is COc1ccc(/C=C/c2nc3ccccc3n2CCCOc2ccc3ccccc3c2)cc1. The molecule has 0 saturated carbocycles. The Kier molecular flexibility index (Phi) is 6.07. The topological polar surface area (TPSA) is 36.3 Å². The van der Waals surface area contributed by atoms with Gasteiger partial charge in [-0.2, -0.15) is 0 Å². The fourth-order valence-corrected chi connectivity index (χ4v) is 4.01. The van der Waals surface area contributed by atoms with Gasteiger partial charge >= 0.3 is 0 Å². The first-order valence-corrected chi connectivity index (χ1v) is 11.2. The van der Waals surface area contributed by atoms with Crippen molar-refractivity contribution in [3.63, 3.8) is 0 Å². The van der Waals surface area contributed by atoms with Crippen LogP contribution in [-0.4, -0.2) is 23.3 Å². The number of nitrogens with zero attached hydrogens (tertiary/aromatic N) is 2. The lowest BCUT2D eigenvalue weighted by Gasteiger charge is -2.10. The van der Waals surface area contributed by atoms with Gasteiger partial charge in [-0.15, -0.1) is 0 Å². The second-order valence-electron chi connectivity index (χ2n) is 7.93. The van der Waals surface area contributed by atoms with Crippen LogP contribution in [0.4, 0.5) is 0 Å². The van der Waals surface area contributed by atoms with Crippen molar-refractivity contribution >= 4 is 34.0 Å². The third kappa shape index (κ3) is 4.75. The molecule has 0 unspecified atom stereocenters. The molecule has 0 saturated heterocycles. The van der Waals surface area contributed by atoms with Gasteiger partial charge < -0.3 is 14.0 Å². The summed E-state index contributed by atoms with van der Waals surface area (Å²) < 4.78 is 13.6. The molecule has 0 radical (unpaired) electrons. The lowest BCUT2D eigenvalue weighted by molar-refractivity contribution is 0.303. The van der Waals surface area contributed by atoms with E-state index in [2.05, 4.69) is 71.3 Å². The lowest BCUT2D eigenvalue weighted by Crippen LogP contribution is -2.06. The van der Waals surface area contributed by atoms with Crippen LogP contribution in [-0.2, 0) is 6.54 Å². The van der Waals surface area contributed by atoms with Crippen molar-refractivity contribution in [2.45, 2.75) is 13.0 Å². The van der Waals surface area contributed by atoms with Gasteiger partial charge in [0, 0.05) is 6.54 Å². The molecule has 0 N–H and O–H groups in total. The number of methoxy groups -OCH3 is 1. The second kappa shape index (κ2) is 9.61. The number of hydrogen-bond donors (Lipinski definition) is 0. The molecule has 0 atom stereocenters. The number of ether oxygens (including phenoxy) is 2. The summed E-state index contributed by atoms with van der Waals surface area (Å²) in [7, 11) is 1.68.